The van der Waals surface area contributed by atoms with Gasteiger partial charge in [-0.25, -0.2) is 0 Å². The van der Waals surface area contributed by atoms with Gasteiger partial charge in [0.15, 0.2) is 0 Å². The maximum Gasteiger partial charge on any atom is 0.220 e. The number of aliphatic hydroxyl groups is 2. The second kappa shape index (κ2) is 32.4. The van der Waals surface area contributed by atoms with E-state index in [2.05, 4.69) is 31.3 Å². The summed E-state index contributed by atoms with van der Waals surface area (Å²) in [7, 11) is 0. The summed E-state index contributed by atoms with van der Waals surface area (Å²) in [5, 5.41) is 22.8. The van der Waals surface area contributed by atoms with Crippen LogP contribution in [0.4, 0.5) is 0 Å². The third kappa shape index (κ3) is 28.4. The zero-order chi connectivity index (χ0) is 29.4. The fourth-order valence-electron chi connectivity index (χ4n) is 5.17. The molecule has 40 heavy (non-hydrogen) atoms. The first-order chi connectivity index (χ1) is 19.7. The van der Waals surface area contributed by atoms with Crippen LogP contribution in [0.2, 0.25) is 0 Å². The summed E-state index contributed by atoms with van der Waals surface area (Å²) in [5.41, 5.74) is 0. The molecule has 4 heteroatoms. The highest BCUT2D eigenvalue weighted by atomic mass is 16.3. The van der Waals surface area contributed by atoms with Crippen LogP contribution in [0.15, 0.2) is 24.3 Å². The third-order valence-corrected chi connectivity index (χ3v) is 7.93. The Kier molecular flexibility index (Phi) is 31.5. The van der Waals surface area contributed by atoms with Crippen molar-refractivity contribution < 1.29 is 15.0 Å². The molecule has 0 aliphatic rings. The predicted molar refractivity (Wildman–Crippen MR) is 175 cm³/mol. The van der Waals surface area contributed by atoms with Gasteiger partial charge in [-0.1, -0.05) is 154 Å². The van der Waals surface area contributed by atoms with E-state index in [1.807, 2.05) is 6.08 Å². The Morgan fingerprint density at radius 2 is 0.950 bits per heavy atom. The van der Waals surface area contributed by atoms with E-state index in [0.717, 1.165) is 38.5 Å². The molecular weight excluding hydrogens is 494 g/mol. The van der Waals surface area contributed by atoms with Gasteiger partial charge in [0.05, 0.1) is 18.8 Å². The van der Waals surface area contributed by atoms with Gasteiger partial charge in [-0.15, -0.1) is 0 Å². The van der Waals surface area contributed by atoms with Crippen LogP contribution in [-0.2, 0) is 4.79 Å². The highest BCUT2D eigenvalue weighted by Crippen LogP contribution is 2.14. The lowest BCUT2D eigenvalue weighted by atomic mass is 10.0. The number of aliphatic hydroxyl groups excluding tert-OH is 2. The molecule has 2 unspecified atom stereocenters. The number of unbranched alkanes of at least 4 members (excludes halogenated alkanes) is 22. The highest BCUT2D eigenvalue weighted by molar-refractivity contribution is 5.76. The summed E-state index contributed by atoms with van der Waals surface area (Å²) >= 11 is 0. The topological polar surface area (TPSA) is 69.6 Å². The fourth-order valence-corrected chi connectivity index (χ4v) is 5.17. The molecule has 0 saturated carbocycles. The lowest BCUT2D eigenvalue weighted by Crippen LogP contribution is -2.45. The number of hydrogen-bond acceptors (Lipinski definition) is 3. The predicted octanol–water partition coefficient (Wildman–Crippen LogP) is 10.1. The molecule has 0 heterocycles. The number of carbonyl (C=O) groups excluding carboxylic acids is 1. The number of carbonyl (C=O) groups is 1. The second-order valence-corrected chi connectivity index (χ2v) is 11.9. The molecule has 0 rings (SSSR count). The molecule has 3 N–H and O–H groups in total. The summed E-state index contributed by atoms with van der Waals surface area (Å²) in [5.74, 6) is -0.0755. The molecule has 0 spiro atoms. The molecule has 0 fully saturated rings. The van der Waals surface area contributed by atoms with Crippen LogP contribution in [0.5, 0.6) is 0 Å². The Labute approximate surface area is 249 Å². The Balaban J connectivity index is 3.64. The SMILES string of the molecule is CCCCC/C=C\CCCCCCCC(=O)NC(CO)C(O)/C=C/CCCCCCCCCCCCCCCC. The maximum atomic E-state index is 12.3. The van der Waals surface area contributed by atoms with E-state index in [0.29, 0.717) is 6.42 Å². The van der Waals surface area contributed by atoms with Gasteiger partial charge in [0.1, 0.15) is 0 Å². The normalized spacial score (nSPS) is 13.4. The van der Waals surface area contributed by atoms with Crippen LogP contribution in [0, 0.1) is 0 Å². The minimum Gasteiger partial charge on any atom is -0.394 e. The smallest absolute Gasteiger partial charge is 0.220 e. The number of allylic oxidation sites excluding steroid dienone is 3. The summed E-state index contributed by atoms with van der Waals surface area (Å²) in [4.78, 5) is 12.3. The molecule has 0 aromatic heterocycles. The van der Waals surface area contributed by atoms with Crippen LogP contribution in [0.3, 0.4) is 0 Å². The zero-order valence-electron chi connectivity index (χ0n) is 26.9. The first-order valence-corrected chi connectivity index (χ1v) is 17.6. The van der Waals surface area contributed by atoms with Crippen molar-refractivity contribution in [1.82, 2.24) is 5.32 Å². The van der Waals surface area contributed by atoms with Gasteiger partial charge in [0.2, 0.25) is 5.91 Å². The van der Waals surface area contributed by atoms with Crippen molar-refractivity contribution in [2.75, 3.05) is 6.61 Å². The largest absolute Gasteiger partial charge is 0.394 e. The lowest BCUT2D eigenvalue weighted by molar-refractivity contribution is -0.123. The van der Waals surface area contributed by atoms with Crippen molar-refractivity contribution in [2.24, 2.45) is 0 Å². The molecule has 0 saturated heterocycles. The third-order valence-electron chi connectivity index (χ3n) is 7.93. The quantitative estimate of drug-likeness (QED) is 0.0580. The van der Waals surface area contributed by atoms with E-state index in [9.17, 15) is 15.0 Å². The van der Waals surface area contributed by atoms with Gasteiger partial charge < -0.3 is 15.5 Å². The average Bonchev–Trinajstić information content (AvgIpc) is 2.96. The van der Waals surface area contributed by atoms with Gasteiger partial charge in [0.25, 0.3) is 0 Å². The lowest BCUT2D eigenvalue weighted by Gasteiger charge is -2.20. The molecule has 236 valence electrons. The van der Waals surface area contributed by atoms with Gasteiger partial charge >= 0.3 is 0 Å². The first kappa shape index (κ1) is 38.9. The van der Waals surface area contributed by atoms with E-state index in [4.69, 9.17) is 0 Å². The summed E-state index contributed by atoms with van der Waals surface area (Å²) in [6, 6.07) is -0.621. The van der Waals surface area contributed by atoms with Crippen LogP contribution >= 0.6 is 0 Å². The van der Waals surface area contributed by atoms with Gasteiger partial charge in [0, 0.05) is 6.42 Å². The summed E-state index contributed by atoms with van der Waals surface area (Å²) < 4.78 is 0. The molecule has 0 aromatic rings. The number of rotatable bonds is 31. The standard InChI is InChI=1S/C36H69NO3/c1-3-5-7-9-11-13-15-17-18-19-20-21-23-25-27-29-31-35(39)34(33-38)37-36(40)32-30-28-26-24-22-16-14-12-10-8-6-4-2/h12,14,29,31,34-35,38-39H,3-11,13,15-28,30,32-33H2,1-2H3,(H,37,40)/b14-12-,31-29+. The van der Waals surface area contributed by atoms with Crippen molar-refractivity contribution in [3.63, 3.8) is 0 Å². The number of amides is 1. The maximum absolute atomic E-state index is 12.3. The Bertz CT molecular complexity index is 574. The van der Waals surface area contributed by atoms with Crippen LogP contribution < -0.4 is 5.32 Å². The molecule has 0 bridgehead atoms. The van der Waals surface area contributed by atoms with Crippen molar-refractivity contribution in [3.05, 3.63) is 24.3 Å². The van der Waals surface area contributed by atoms with Crippen molar-refractivity contribution in [1.29, 1.82) is 0 Å². The molecule has 0 aliphatic carbocycles. The van der Waals surface area contributed by atoms with Crippen molar-refractivity contribution >= 4 is 5.91 Å². The van der Waals surface area contributed by atoms with Crippen LogP contribution in [0.25, 0.3) is 0 Å². The first-order valence-electron chi connectivity index (χ1n) is 17.6. The van der Waals surface area contributed by atoms with Crippen molar-refractivity contribution in [3.8, 4) is 0 Å². The molecule has 1 amide bonds. The minimum atomic E-state index is -0.837. The molecule has 0 radical (unpaired) electrons. The molecule has 4 nitrogen and oxygen atoms in total. The molecule has 0 aromatic carbocycles. The van der Waals surface area contributed by atoms with E-state index >= 15 is 0 Å². The second-order valence-electron chi connectivity index (χ2n) is 11.9. The van der Waals surface area contributed by atoms with Gasteiger partial charge in [-0.2, -0.15) is 0 Å². The van der Waals surface area contributed by atoms with E-state index in [1.165, 1.54) is 122 Å². The molecule has 2 atom stereocenters. The monoisotopic (exact) mass is 564 g/mol. The van der Waals surface area contributed by atoms with Crippen LogP contribution in [0.1, 0.15) is 181 Å². The Morgan fingerprint density at radius 3 is 1.43 bits per heavy atom. The number of nitrogens with one attached hydrogen (secondary N) is 1. The highest BCUT2D eigenvalue weighted by Gasteiger charge is 2.17. The molecular formula is C36H69NO3. The van der Waals surface area contributed by atoms with Crippen LogP contribution in [-0.4, -0.2) is 34.9 Å². The average molecular weight is 564 g/mol. The Hall–Kier alpha value is -1.13. The summed E-state index contributed by atoms with van der Waals surface area (Å²) in [6.07, 6.45) is 39.7. The van der Waals surface area contributed by atoms with Gasteiger partial charge in [-0.05, 0) is 44.9 Å². The van der Waals surface area contributed by atoms with Crippen molar-refractivity contribution in [2.45, 2.75) is 193 Å². The summed E-state index contributed by atoms with van der Waals surface area (Å²) in [6.45, 7) is 4.27. The van der Waals surface area contributed by atoms with E-state index < -0.39 is 12.1 Å². The zero-order valence-corrected chi connectivity index (χ0v) is 26.9. The number of hydrogen-bond donors (Lipinski definition) is 3. The van der Waals surface area contributed by atoms with E-state index in [-0.39, 0.29) is 12.5 Å². The molecule has 0 aliphatic heterocycles. The minimum absolute atomic E-state index is 0.0755. The van der Waals surface area contributed by atoms with E-state index in [1.54, 1.807) is 6.08 Å². The van der Waals surface area contributed by atoms with Gasteiger partial charge in [-0.3, -0.25) is 4.79 Å². The Morgan fingerprint density at radius 1 is 0.575 bits per heavy atom. The fraction of sp³-hybridized carbons (Fsp3) is 0.861.